The summed E-state index contributed by atoms with van der Waals surface area (Å²) in [6.45, 7) is 6.24. The molecule has 0 aliphatic rings. The fourth-order valence-corrected chi connectivity index (χ4v) is 1.31. The predicted octanol–water partition coefficient (Wildman–Crippen LogP) is 3.01. The Hall–Kier alpha value is -1.51. The first-order valence-corrected chi connectivity index (χ1v) is 5.58. The minimum absolute atomic E-state index is 0.0531. The maximum atomic E-state index is 11.7. The molecule has 0 spiro atoms. The van der Waals surface area contributed by atoms with Gasteiger partial charge in [-0.15, -0.1) is 0 Å². The van der Waals surface area contributed by atoms with Crippen LogP contribution in [0.3, 0.4) is 0 Å². The molecular weight excluding hydrogens is 202 g/mol. The number of amides is 1. The van der Waals surface area contributed by atoms with E-state index in [1.54, 1.807) is 24.3 Å². The molecule has 88 valence electrons. The number of phenols is 1. The summed E-state index contributed by atoms with van der Waals surface area (Å²) >= 11 is 0. The molecule has 2 N–H and O–H groups in total. The van der Waals surface area contributed by atoms with Crippen molar-refractivity contribution in [2.45, 2.75) is 27.2 Å². The van der Waals surface area contributed by atoms with Gasteiger partial charge in [0.2, 0.25) is 5.91 Å². The summed E-state index contributed by atoms with van der Waals surface area (Å²) in [5, 5.41) is 12.2. The highest BCUT2D eigenvalue weighted by atomic mass is 16.3. The van der Waals surface area contributed by atoms with Crippen LogP contribution < -0.4 is 5.32 Å². The molecule has 0 radical (unpaired) electrons. The van der Waals surface area contributed by atoms with Crippen LogP contribution in [0, 0.1) is 11.8 Å². The van der Waals surface area contributed by atoms with Gasteiger partial charge in [-0.1, -0.05) is 32.9 Å². The molecule has 0 bridgehead atoms. The van der Waals surface area contributed by atoms with Gasteiger partial charge in [0.15, 0.2) is 0 Å². The molecule has 0 aliphatic carbocycles. The van der Waals surface area contributed by atoms with Crippen LogP contribution in [0.1, 0.15) is 27.2 Å². The monoisotopic (exact) mass is 221 g/mol. The predicted molar refractivity (Wildman–Crippen MR) is 65.4 cm³/mol. The van der Waals surface area contributed by atoms with Crippen LogP contribution in [0.4, 0.5) is 5.69 Å². The van der Waals surface area contributed by atoms with E-state index < -0.39 is 0 Å². The first kappa shape index (κ1) is 12.6. The van der Waals surface area contributed by atoms with Crippen molar-refractivity contribution in [1.82, 2.24) is 0 Å². The zero-order valence-electron chi connectivity index (χ0n) is 10.0. The van der Waals surface area contributed by atoms with Gasteiger partial charge in [-0.05, 0) is 24.0 Å². The normalized spacial score (nSPS) is 12.5. The lowest BCUT2D eigenvalue weighted by Gasteiger charge is -2.15. The fourth-order valence-electron chi connectivity index (χ4n) is 1.31. The maximum absolute atomic E-state index is 11.7. The van der Waals surface area contributed by atoms with E-state index in [2.05, 4.69) is 26.1 Å². The van der Waals surface area contributed by atoms with Gasteiger partial charge in [0.1, 0.15) is 5.75 Å². The Kier molecular flexibility index (Phi) is 4.35. The Bertz CT molecular complexity index is 361. The largest absolute Gasteiger partial charge is 0.506 e. The number of para-hydroxylation sites is 2. The van der Waals surface area contributed by atoms with Gasteiger partial charge in [-0.25, -0.2) is 0 Å². The van der Waals surface area contributed by atoms with E-state index >= 15 is 0 Å². The molecule has 0 saturated carbocycles. The van der Waals surface area contributed by atoms with E-state index in [9.17, 15) is 9.90 Å². The molecule has 1 rings (SSSR count). The SMILES string of the molecule is CC(C)C(C)CC(=O)Nc1ccccc1O. The zero-order valence-corrected chi connectivity index (χ0v) is 10.0. The standard InChI is InChI=1S/C13H19NO2/c1-9(2)10(3)8-13(16)14-11-6-4-5-7-12(11)15/h4-7,9-10,15H,8H2,1-3H3,(H,14,16). The molecule has 0 aromatic heterocycles. The number of aromatic hydroxyl groups is 1. The second-order valence-corrected chi connectivity index (χ2v) is 4.49. The van der Waals surface area contributed by atoms with Crippen molar-refractivity contribution in [2.24, 2.45) is 11.8 Å². The number of anilines is 1. The van der Waals surface area contributed by atoms with Gasteiger partial charge in [0.25, 0.3) is 0 Å². The Morgan fingerprint density at radius 1 is 1.31 bits per heavy atom. The molecule has 1 amide bonds. The van der Waals surface area contributed by atoms with Crippen LogP contribution in [0.5, 0.6) is 5.75 Å². The molecule has 3 heteroatoms. The topological polar surface area (TPSA) is 49.3 Å². The summed E-state index contributed by atoms with van der Waals surface area (Å²) in [4.78, 5) is 11.7. The van der Waals surface area contributed by atoms with Crippen LogP contribution in [0.15, 0.2) is 24.3 Å². The van der Waals surface area contributed by atoms with Gasteiger partial charge >= 0.3 is 0 Å². The van der Waals surface area contributed by atoms with Crippen molar-refractivity contribution in [3.05, 3.63) is 24.3 Å². The number of benzene rings is 1. The molecule has 1 atom stereocenters. The van der Waals surface area contributed by atoms with E-state index in [4.69, 9.17) is 0 Å². The first-order valence-electron chi connectivity index (χ1n) is 5.58. The number of hydrogen-bond acceptors (Lipinski definition) is 2. The van der Waals surface area contributed by atoms with Crippen LogP contribution >= 0.6 is 0 Å². The average Bonchev–Trinajstić information content (AvgIpc) is 2.21. The van der Waals surface area contributed by atoms with Crippen LogP contribution in [0.2, 0.25) is 0 Å². The number of phenolic OH excluding ortho intramolecular Hbond substituents is 1. The number of carbonyl (C=O) groups excluding carboxylic acids is 1. The number of hydrogen-bond donors (Lipinski definition) is 2. The summed E-state index contributed by atoms with van der Waals surface area (Å²) in [5.74, 6) is 0.872. The van der Waals surface area contributed by atoms with Crippen molar-refractivity contribution in [2.75, 3.05) is 5.32 Å². The van der Waals surface area contributed by atoms with Crippen molar-refractivity contribution >= 4 is 11.6 Å². The van der Waals surface area contributed by atoms with E-state index in [1.165, 1.54) is 0 Å². The minimum Gasteiger partial charge on any atom is -0.506 e. The third-order valence-corrected chi connectivity index (χ3v) is 2.82. The third kappa shape index (κ3) is 3.57. The summed E-state index contributed by atoms with van der Waals surface area (Å²) < 4.78 is 0. The summed E-state index contributed by atoms with van der Waals surface area (Å²) in [6.07, 6.45) is 0.478. The smallest absolute Gasteiger partial charge is 0.224 e. The highest BCUT2D eigenvalue weighted by Gasteiger charge is 2.13. The Labute approximate surface area is 96.5 Å². The number of carbonyl (C=O) groups is 1. The van der Waals surface area contributed by atoms with Gasteiger partial charge in [0.05, 0.1) is 5.69 Å². The third-order valence-electron chi connectivity index (χ3n) is 2.82. The Balaban J connectivity index is 2.55. The molecule has 0 saturated heterocycles. The highest BCUT2D eigenvalue weighted by Crippen LogP contribution is 2.22. The quantitative estimate of drug-likeness (QED) is 0.768. The Morgan fingerprint density at radius 2 is 1.94 bits per heavy atom. The summed E-state index contributed by atoms with van der Waals surface area (Å²) in [6, 6.07) is 6.75. The second-order valence-electron chi connectivity index (χ2n) is 4.49. The molecule has 1 aromatic carbocycles. The Morgan fingerprint density at radius 3 is 2.50 bits per heavy atom. The van der Waals surface area contributed by atoms with Crippen LogP contribution in [-0.4, -0.2) is 11.0 Å². The lowest BCUT2D eigenvalue weighted by atomic mass is 9.94. The minimum atomic E-state index is -0.0531. The van der Waals surface area contributed by atoms with E-state index in [1.807, 2.05) is 0 Å². The van der Waals surface area contributed by atoms with Gasteiger partial charge in [-0.2, -0.15) is 0 Å². The van der Waals surface area contributed by atoms with Crippen LogP contribution in [-0.2, 0) is 4.79 Å². The molecule has 1 unspecified atom stereocenters. The maximum Gasteiger partial charge on any atom is 0.224 e. The van der Waals surface area contributed by atoms with Gasteiger partial charge in [0, 0.05) is 6.42 Å². The van der Waals surface area contributed by atoms with Crippen molar-refractivity contribution in [3.8, 4) is 5.75 Å². The molecule has 0 aliphatic heterocycles. The molecule has 16 heavy (non-hydrogen) atoms. The molecule has 0 fully saturated rings. The molecule has 3 nitrogen and oxygen atoms in total. The average molecular weight is 221 g/mol. The summed E-state index contributed by atoms with van der Waals surface area (Å²) in [5.41, 5.74) is 0.475. The van der Waals surface area contributed by atoms with E-state index in [-0.39, 0.29) is 11.7 Å². The fraction of sp³-hybridized carbons (Fsp3) is 0.462. The van der Waals surface area contributed by atoms with Crippen molar-refractivity contribution in [1.29, 1.82) is 0 Å². The second kappa shape index (κ2) is 5.54. The number of nitrogens with one attached hydrogen (secondary N) is 1. The van der Waals surface area contributed by atoms with Crippen molar-refractivity contribution < 1.29 is 9.90 Å². The lowest BCUT2D eigenvalue weighted by molar-refractivity contribution is -0.117. The van der Waals surface area contributed by atoms with Crippen molar-refractivity contribution in [3.63, 3.8) is 0 Å². The van der Waals surface area contributed by atoms with E-state index in [0.717, 1.165) is 0 Å². The van der Waals surface area contributed by atoms with E-state index in [0.29, 0.717) is 23.9 Å². The highest BCUT2D eigenvalue weighted by molar-refractivity contribution is 5.92. The molecular formula is C13H19NO2. The first-order chi connectivity index (χ1) is 7.50. The zero-order chi connectivity index (χ0) is 12.1. The lowest BCUT2D eigenvalue weighted by Crippen LogP contribution is -2.17. The number of rotatable bonds is 4. The van der Waals surface area contributed by atoms with Gasteiger partial charge in [-0.3, -0.25) is 4.79 Å². The molecule has 1 aromatic rings. The molecule has 0 heterocycles. The summed E-state index contributed by atoms with van der Waals surface area (Å²) in [7, 11) is 0. The van der Waals surface area contributed by atoms with Gasteiger partial charge < -0.3 is 10.4 Å². The van der Waals surface area contributed by atoms with Crippen LogP contribution in [0.25, 0.3) is 0 Å².